The van der Waals surface area contributed by atoms with Crippen molar-refractivity contribution in [2.45, 2.75) is 25.3 Å². The van der Waals surface area contributed by atoms with Gasteiger partial charge in [0.25, 0.3) is 0 Å². The van der Waals surface area contributed by atoms with Crippen LogP contribution in [0.3, 0.4) is 0 Å². The van der Waals surface area contributed by atoms with Crippen molar-refractivity contribution in [3.63, 3.8) is 0 Å². The van der Waals surface area contributed by atoms with Gasteiger partial charge in [0.1, 0.15) is 6.61 Å². The summed E-state index contributed by atoms with van der Waals surface area (Å²) in [5, 5.41) is 2.88. The Morgan fingerprint density at radius 3 is 2.69 bits per heavy atom. The Morgan fingerprint density at radius 1 is 1.46 bits per heavy atom. The molecular formula is C9H15NO3. The molecule has 4 heteroatoms. The Bertz CT molecular complexity index is 213. The highest BCUT2D eigenvalue weighted by molar-refractivity contribution is 5.70. The molecule has 0 radical (unpaired) electrons. The normalized spacial score (nSPS) is 35.6. The number of amides is 1. The van der Waals surface area contributed by atoms with Crippen LogP contribution in [0.1, 0.15) is 19.8 Å². The summed E-state index contributed by atoms with van der Waals surface area (Å²) in [5.41, 5.74) is -0.166. The highest BCUT2D eigenvalue weighted by Gasteiger charge is 2.42. The summed E-state index contributed by atoms with van der Waals surface area (Å²) < 4.78 is 10.2. The third kappa shape index (κ3) is 1.63. The lowest BCUT2D eigenvalue weighted by molar-refractivity contribution is 0.0344. The van der Waals surface area contributed by atoms with Crippen molar-refractivity contribution in [2.75, 3.05) is 19.8 Å². The van der Waals surface area contributed by atoms with Crippen LogP contribution >= 0.6 is 0 Å². The Kier molecular flexibility index (Phi) is 2.15. The quantitative estimate of drug-likeness (QED) is 0.660. The summed E-state index contributed by atoms with van der Waals surface area (Å²) in [6, 6.07) is 0. The van der Waals surface area contributed by atoms with Gasteiger partial charge >= 0.3 is 6.09 Å². The third-order valence-electron chi connectivity index (χ3n) is 3.01. The molecule has 1 atom stereocenters. The van der Waals surface area contributed by atoms with E-state index in [9.17, 15) is 4.79 Å². The summed E-state index contributed by atoms with van der Waals surface area (Å²) >= 11 is 0. The minimum atomic E-state index is -0.283. The van der Waals surface area contributed by atoms with Crippen LogP contribution in [0.2, 0.25) is 0 Å². The van der Waals surface area contributed by atoms with Gasteiger partial charge in [-0.05, 0) is 25.7 Å². The average molecular weight is 185 g/mol. The number of ether oxygens (including phenoxy) is 2. The maximum atomic E-state index is 10.9. The first-order chi connectivity index (χ1) is 6.21. The fourth-order valence-corrected chi connectivity index (χ4v) is 2.08. The van der Waals surface area contributed by atoms with Gasteiger partial charge in [-0.25, -0.2) is 4.79 Å². The minimum absolute atomic E-state index is 0.166. The summed E-state index contributed by atoms with van der Waals surface area (Å²) in [6.45, 7) is 4.15. The first-order valence-electron chi connectivity index (χ1n) is 4.73. The predicted molar refractivity (Wildman–Crippen MR) is 46.4 cm³/mol. The van der Waals surface area contributed by atoms with Crippen LogP contribution < -0.4 is 5.32 Å². The summed E-state index contributed by atoms with van der Waals surface area (Å²) in [7, 11) is 0. The first kappa shape index (κ1) is 8.81. The number of carbonyl (C=O) groups excluding carboxylic acids is 1. The second-order valence-electron chi connectivity index (χ2n) is 4.01. The van der Waals surface area contributed by atoms with E-state index in [1.165, 1.54) is 0 Å². The van der Waals surface area contributed by atoms with Crippen LogP contribution in [0, 0.1) is 5.92 Å². The van der Waals surface area contributed by atoms with Gasteiger partial charge < -0.3 is 14.8 Å². The van der Waals surface area contributed by atoms with E-state index in [-0.39, 0.29) is 11.6 Å². The van der Waals surface area contributed by atoms with Crippen LogP contribution in [-0.4, -0.2) is 31.5 Å². The molecule has 0 aromatic heterocycles. The Morgan fingerprint density at radius 2 is 2.15 bits per heavy atom. The molecule has 2 saturated heterocycles. The van der Waals surface area contributed by atoms with Gasteiger partial charge in [0.15, 0.2) is 0 Å². The molecule has 2 aliphatic heterocycles. The van der Waals surface area contributed by atoms with Gasteiger partial charge in [-0.1, -0.05) is 0 Å². The van der Waals surface area contributed by atoms with Gasteiger partial charge in [-0.2, -0.15) is 0 Å². The molecule has 0 aliphatic carbocycles. The van der Waals surface area contributed by atoms with E-state index in [1.807, 2.05) is 6.92 Å². The number of hydrogen-bond acceptors (Lipinski definition) is 3. The molecule has 1 unspecified atom stereocenters. The van der Waals surface area contributed by atoms with Gasteiger partial charge in [-0.15, -0.1) is 0 Å². The molecule has 2 rings (SSSR count). The number of cyclic esters (lactones) is 1. The second-order valence-corrected chi connectivity index (χ2v) is 4.01. The molecular weight excluding hydrogens is 170 g/mol. The lowest BCUT2D eigenvalue weighted by atomic mass is 9.81. The lowest BCUT2D eigenvalue weighted by Crippen LogP contribution is -2.49. The summed E-state index contributed by atoms with van der Waals surface area (Å²) in [5.74, 6) is 0.493. The molecule has 1 N–H and O–H groups in total. The second kappa shape index (κ2) is 3.18. The van der Waals surface area contributed by atoms with E-state index in [0.717, 1.165) is 26.1 Å². The van der Waals surface area contributed by atoms with E-state index in [4.69, 9.17) is 9.47 Å². The Balaban J connectivity index is 2.01. The molecule has 1 amide bonds. The number of alkyl carbamates (subject to hydrolysis) is 1. The molecule has 2 aliphatic rings. The standard InChI is InChI=1S/C9H15NO3/c1-9(6-13-8(11)10-9)7-2-4-12-5-3-7/h7H,2-6H2,1H3,(H,10,11). The van der Waals surface area contributed by atoms with Crippen molar-refractivity contribution in [3.8, 4) is 0 Å². The van der Waals surface area contributed by atoms with E-state index < -0.39 is 0 Å². The van der Waals surface area contributed by atoms with Crippen molar-refractivity contribution >= 4 is 6.09 Å². The SMILES string of the molecule is CC1(C2CCOCC2)COC(=O)N1. The van der Waals surface area contributed by atoms with Crippen LogP contribution in [-0.2, 0) is 9.47 Å². The molecule has 0 aromatic rings. The van der Waals surface area contributed by atoms with Gasteiger partial charge in [0.05, 0.1) is 5.54 Å². The van der Waals surface area contributed by atoms with Crippen LogP contribution in [0.4, 0.5) is 4.79 Å². The van der Waals surface area contributed by atoms with Crippen molar-refractivity contribution in [2.24, 2.45) is 5.92 Å². The lowest BCUT2D eigenvalue weighted by Gasteiger charge is -2.34. The summed E-state index contributed by atoms with van der Waals surface area (Å²) in [4.78, 5) is 10.9. The van der Waals surface area contributed by atoms with E-state index >= 15 is 0 Å². The maximum absolute atomic E-state index is 10.9. The Labute approximate surface area is 77.6 Å². The molecule has 13 heavy (non-hydrogen) atoms. The fraction of sp³-hybridized carbons (Fsp3) is 0.889. The van der Waals surface area contributed by atoms with Crippen molar-refractivity contribution in [1.29, 1.82) is 0 Å². The predicted octanol–water partition coefficient (Wildman–Crippen LogP) is 0.911. The average Bonchev–Trinajstić information content (AvgIpc) is 2.49. The molecule has 0 spiro atoms. The van der Waals surface area contributed by atoms with Gasteiger partial charge in [0.2, 0.25) is 0 Å². The van der Waals surface area contributed by atoms with E-state index in [1.54, 1.807) is 0 Å². The molecule has 74 valence electrons. The van der Waals surface area contributed by atoms with Crippen LogP contribution in [0.5, 0.6) is 0 Å². The molecule has 2 heterocycles. The fourth-order valence-electron chi connectivity index (χ4n) is 2.08. The highest BCUT2D eigenvalue weighted by Crippen LogP contribution is 2.30. The zero-order chi connectivity index (χ0) is 9.31. The number of carbonyl (C=O) groups is 1. The Hall–Kier alpha value is -0.770. The smallest absolute Gasteiger partial charge is 0.407 e. The van der Waals surface area contributed by atoms with Gasteiger partial charge in [-0.3, -0.25) is 0 Å². The molecule has 0 aromatic carbocycles. The maximum Gasteiger partial charge on any atom is 0.407 e. The number of hydrogen-bond donors (Lipinski definition) is 1. The largest absolute Gasteiger partial charge is 0.447 e. The van der Waals surface area contributed by atoms with E-state index in [2.05, 4.69) is 5.32 Å². The summed E-state index contributed by atoms with van der Waals surface area (Å²) in [6.07, 6.45) is 1.74. The monoisotopic (exact) mass is 185 g/mol. The molecule has 0 bridgehead atoms. The van der Waals surface area contributed by atoms with Crippen LogP contribution in [0.25, 0.3) is 0 Å². The first-order valence-corrected chi connectivity index (χ1v) is 4.73. The van der Waals surface area contributed by atoms with Crippen molar-refractivity contribution in [1.82, 2.24) is 5.32 Å². The highest BCUT2D eigenvalue weighted by atomic mass is 16.6. The third-order valence-corrected chi connectivity index (χ3v) is 3.01. The van der Waals surface area contributed by atoms with Crippen molar-refractivity contribution < 1.29 is 14.3 Å². The van der Waals surface area contributed by atoms with Gasteiger partial charge in [0, 0.05) is 13.2 Å². The molecule has 0 saturated carbocycles. The van der Waals surface area contributed by atoms with Crippen molar-refractivity contribution in [3.05, 3.63) is 0 Å². The zero-order valence-corrected chi connectivity index (χ0v) is 7.84. The minimum Gasteiger partial charge on any atom is -0.447 e. The molecule has 2 fully saturated rings. The molecule has 4 nitrogen and oxygen atoms in total. The van der Waals surface area contributed by atoms with Crippen LogP contribution in [0.15, 0.2) is 0 Å². The van der Waals surface area contributed by atoms with E-state index in [0.29, 0.717) is 12.5 Å². The topological polar surface area (TPSA) is 47.6 Å². The number of rotatable bonds is 1. The zero-order valence-electron chi connectivity index (χ0n) is 7.84. The number of nitrogens with one attached hydrogen (secondary N) is 1.